The third-order valence-electron chi connectivity index (χ3n) is 3.30. The Morgan fingerprint density at radius 3 is 2.45 bits per heavy atom. The van der Waals surface area contributed by atoms with E-state index >= 15 is 0 Å². The van der Waals surface area contributed by atoms with Crippen molar-refractivity contribution in [3.05, 3.63) is 28.8 Å². The van der Waals surface area contributed by atoms with Gasteiger partial charge in [-0.25, -0.2) is 8.42 Å². The number of rotatable bonds is 7. The molecule has 0 aliphatic heterocycles. The van der Waals surface area contributed by atoms with Gasteiger partial charge in [0, 0.05) is 27.2 Å². The minimum Gasteiger partial charge on any atom is -0.383 e. The lowest BCUT2D eigenvalue weighted by molar-refractivity contribution is 0.185. The SMILES string of the molecule is CNCc1cc(S(=O)(=O)N(C)CCOC)c(C)cc1C. The predicted octanol–water partition coefficient (Wildman–Crippen LogP) is 1.29. The number of hydrogen-bond donors (Lipinski definition) is 1. The fourth-order valence-electron chi connectivity index (χ4n) is 2.04. The molecule has 0 saturated carbocycles. The van der Waals surface area contributed by atoms with Crippen LogP contribution in [0.3, 0.4) is 0 Å². The summed E-state index contributed by atoms with van der Waals surface area (Å²) in [6, 6.07) is 3.68. The predicted molar refractivity (Wildman–Crippen MR) is 80.4 cm³/mol. The number of ether oxygens (including phenoxy) is 1. The first-order chi connectivity index (χ1) is 9.34. The molecule has 5 nitrogen and oxygen atoms in total. The first-order valence-corrected chi connectivity index (χ1v) is 7.98. The van der Waals surface area contributed by atoms with Gasteiger partial charge in [-0.2, -0.15) is 4.31 Å². The van der Waals surface area contributed by atoms with E-state index < -0.39 is 10.0 Å². The molecule has 0 amide bonds. The summed E-state index contributed by atoms with van der Waals surface area (Å²) in [6.07, 6.45) is 0. The van der Waals surface area contributed by atoms with E-state index in [9.17, 15) is 8.42 Å². The van der Waals surface area contributed by atoms with Gasteiger partial charge in [0.25, 0.3) is 0 Å². The van der Waals surface area contributed by atoms with E-state index in [1.807, 2.05) is 27.0 Å². The lowest BCUT2D eigenvalue weighted by Gasteiger charge is -2.19. The fourth-order valence-corrected chi connectivity index (χ4v) is 3.45. The monoisotopic (exact) mass is 300 g/mol. The highest BCUT2D eigenvalue weighted by Crippen LogP contribution is 2.23. The average molecular weight is 300 g/mol. The van der Waals surface area contributed by atoms with Crippen LogP contribution >= 0.6 is 0 Å². The summed E-state index contributed by atoms with van der Waals surface area (Å²) in [7, 11) is 1.50. The number of nitrogens with one attached hydrogen (secondary N) is 1. The van der Waals surface area contributed by atoms with Crippen LogP contribution in [0.15, 0.2) is 17.0 Å². The highest BCUT2D eigenvalue weighted by atomic mass is 32.2. The van der Waals surface area contributed by atoms with Crippen molar-refractivity contribution < 1.29 is 13.2 Å². The van der Waals surface area contributed by atoms with E-state index in [1.54, 1.807) is 20.2 Å². The number of likely N-dealkylation sites (N-methyl/N-ethyl adjacent to an activating group) is 1. The summed E-state index contributed by atoms with van der Waals surface area (Å²) in [6.45, 7) is 5.19. The number of methoxy groups -OCH3 is 1. The van der Waals surface area contributed by atoms with E-state index in [1.165, 1.54) is 4.31 Å². The van der Waals surface area contributed by atoms with Crippen LogP contribution in [0.2, 0.25) is 0 Å². The largest absolute Gasteiger partial charge is 0.383 e. The van der Waals surface area contributed by atoms with Crippen molar-refractivity contribution in [2.75, 3.05) is 34.4 Å². The molecule has 0 atom stereocenters. The van der Waals surface area contributed by atoms with Gasteiger partial charge in [0.2, 0.25) is 10.0 Å². The van der Waals surface area contributed by atoms with Crippen molar-refractivity contribution in [3.63, 3.8) is 0 Å². The summed E-state index contributed by atoms with van der Waals surface area (Å²) in [4.78, 5) is 0.368. The Balaban J connectivity index is 3.20. The molecule has 0 aliphatic rings. The summed E-state index contributed by atoms with van der Waals surface area (Å²) in [5.74, 6) is 0. The van der Waals surface area contributed by atoms with Crippen molar-refractivity contribution in [2.24, 2.45) is 0 Å². The third-order valence-corrected chi connectivity index (χ3v) is 5.30. The minimum atomic E-state index is -3.47. The normalized spacial score (nSPS) is 12.1. The van der Waals surface area contributed by atoms with Crippen LogP contribution in [0.5, 0.6) is 0 Å². The number of aryl methyl sites for hydroxylation is 2. The lowest BCUT2D eigenvalue weighted by atomic mass is 10.1. The molecule has 0 bridgehead atoms. The Kier molecular flexibility index (Phi) is 6.13. The quantitative estimate of drug-likeness (QED) is 0.824. The average Bonchev–Trinajstić information content (AvgIpc) is 2.38. The highest BCUT2D eigenvalue weighted by Gasteiger charge is 2.23. The zero-order valence-corrected chi connectivity index (χ0v) is 13.7. The lowest BCUT2D eigenvalue weighted by Crippen LogP contribution is -2.30. The van der Waals surface area contributed by atoms with Crippen molar-refractivity contribution in [2.45, 2.75) is 25.3 Å². The molecule has 1 rings (SSSR count). The zero-order valence-electron chi connectivity index (χ0n) is 12.9. The maximum Gasteiger partial charge on any atom is 0.243 e. The van der Waals surface area contributed by atoms with E-state index in [-0.39, 0.29) is 0 Å². The molecule has 20 heavy (non-hydrogen) atoms. The zero-order chi connectivity index (χ0) is 15.3. The Labute approximate surface area is 122 Å². The molecule has 0 heterocycles. The molecule has 0 saturated heterocycles. The molecule has 0 spiro atoms. The first kappa shape index (κ1) is 17.1. The van der Waals surface area contributed by atoms with E-state index in [0.717, 1.165) is 16.7 Å². The van der Waals surface area contributed by atoms with Crippen molar-refractivity contribution in [3.8, 4) is 0 Å². The van der Waals surface area contributed by atoms with Crippen LogP contribution in [0, 0.1) is 13.8 Å². The smallest absolute Gasteiger partial charge is 0.243 e. The van der Waals surface area contributed by atoms with Gasteiger partial charge >= 0.3 is 0 Å². The maximum absolute atomic E-state index is 12.6. The number of hydrogen-bond acceptors (Lipinski definition) is 4. The molecular weight excluding hydrogens is 276 g/mol. The van der Waals surface area contributed by atoms with Crippen LogP contribution in [0.1, 0.15) is 16.7 Å². The van der Waals surface area contributed by atoms with Crippen LogP contribution in [-0.2, 0) is 21.3 Å². The summed E-state index contributed by atoms with van der Waals surface area (Å²) < 4.78 is 31.4. The van der Waals surface area contributed by atoms with Crippen LogP contribution in [0.4, 0.5) is 0 Å². The standard InChI is InChI=1S/C14H24N2O3S/c1-11-8-12(2)14(9-13(11)10-15-3)20(17,18)16(4)6-7-19-5/h8-9,15H,6-7,10H2,1-5H3. The van der Waals surface area contributed by atoms with Crippen molar-refractivity contribution in [1.82, 2.24) is 9.62 Å². The second-order valence-corrected chi connectivity index (χ2v) is 6.91. The van der Waals surface area contributed by atoms with E-state index in [0.29, 0.717) is 24.6 Å². The van der Waals surface area contributed by atoms with Gasteiger partial charge in [-0.3, -0.25) is 0 Å². The fraction of sp³-hybridized carbons (Fsp3) is 0.571. The molecule has 1 N–H and O–H groups in total. The van der Waals surface area contributed by atoms with Gasteiger partial charge in [-0.15, -0.1) is 0 Å². The second kappa shape index (κ2) is 7.17. The number of benzene rings is 1. The molecule has 0 fully saturated rings. The molecule has 1 aromatic carbocycles. The van der Waals surface area contributed by atoms with E-state index in [4.69, 9.17) is 4.74 Å². The van der Waals surface area contributed by atoms with Crippen molar-refractivity contribution in [1.29, 1.82) is 0 Å². The van der Waals surface area contributed by atoms with Gasteiger partial charge in [-0.05, 0) is 43.7 Å². The van der Waals surface area contributed by atoms with Gasteiger partial charge in [0.1, 0.15) is 0 Å². The Morgan fingerprint density at radius 2 is 1.90 bits per heavy atom. The Hall–Kier alpha value is -0.950. The topological polar surface area (TPSA) is 58.6 Å². The Bertz CT molecular complexity index is 556. The molecule has 0 radical (unpaired) electrons. The highest BCUT2D eigenvalue weighted by molar-refractivity contribution is 7.89. The van der Waals surface area contributed by atoms with Crippen LogP contribution < -0.4 is 5.32 Å². The van der Waals surface area contributed by atoms with Crippen LogP contribution in [-0.4, -0.2) is 47.1 Å². The molecule has 6 heteroatoms. The number of sulfonamides is 1. The maximum atomic E-state index is 12.6. The summed E-state index contributed by atoms with van der Waals surface area (Å²) in [5, 5.41) is 3.06. The molecule has 0 aliphatic carbocycles. The van der Waals surface area contributed by atoms with Crippen LogP contribution in [0.25, 0.3) is 0 Å². The molecule has 114 valence electrons. The van der Waals surface area contributed by atoms with E-state index in [2.05, 4.69) is 5.32 Å². The van der Waals surface area contributed by atoms with Gasteiger partial charge < -0.3 is 10.1 Å². The molecular formula is C14H24N2O3S. The molecule has 0 aromatic heterocycles. The van der Waals surface area contributed by atoms with Gasteiger partial charge in [0.15, 0.2) is 0 Å². The van der Waals surface area contributed by atoms with Crippen molar-refractivity contribution >= 4 is 10.0 Å². The first-order valence-electron chi connectivity index (χ1n) is 6.54. The summed E-state index contributed by atoms with van der Waals surface area (Å²) >= 11 is 0. The summed E-state index contributed by atoms with van der Waals surface area (Å²) in [5.41, 5.74) is 2.86. The van der Waals surface area contributed by atoms with Gasteiger partial charge in [0.05, 0.1) is 11.5 Å². The number of nitrogens with zero attached hydrogens (tertiary/aromatic N) is 1. The Morgan fingerprint density at radius 1 is 1.25 bits per heavy atom. The molecule has 1 aromatic rings. The van der Waals surface area contributed by atoms with Gasteiger partial charge in [-0.1, -0.05) is 6.07 Å². The molecule has 0 unspecified atom stereocenters. The third kappa shape index (κ3) is 3.79. The minimum absolute atomic E-state index is 0.341. The second-order valence-electron chi connectivity index (χ2n) is 4.89.